The van der Waals surface area contributed by atoms with Crippen LogP contribution in [0.2, 0.25) is 5.02 Å². The number of carbonyl (C=O) groups excluding carboxylic acids is 1. The van der Waals surface area contributed by atoms with Gasteiger partial charge in [-0.2, -0.15) is 0 Å². The fraction of sp³-hybridized carbons (Fsp3) is 0.375. The molecule has 118 valence electrons. The van der Waals surface area contributed by atoms with Crippen LogP contribution in [0.15, 0.2) is 30.5 Å². The molecular weight excluding hydrogens is 304 g/mol. The third-order valence-electron chi connectivity index (χ3n) is 3.49. The topological polar surface area (TPSA) is 71.3 Å². The average molecular weight is 323 g/mol. The maximum Gasteiger partial charge on any atom is 0.303 e. The van der Waals surface area contributed by atoms with Gasteiger partial charge in [-0.05, 0) is 43.9 Å². The van der Waals surface area contributed by atoms with Gasteiger partial charge in [0.25, 0.3) is 0 Å². The molecule has 0 radical (unpaired) electrons. The summed E-state index contributed by atoms with van der Waals surface area (Å²) in [5, 5.41) is 13.2. The molecule has 0 fully saturated rings. The first-order valence-corrected chi connectivity index (χ1v) is 7.42. The van der Waals surface area contributed by atoms with Gasteiger partial charge in [0, 0.05) is 28.7 Å². The Hall–Kier alpha value is -2.01. The van der Waals surface area contributed by atoms with E-state index in [9.17, 15) is 9.59 Å². The molecule has 5 nitrogen and oxygen atoms in total. The van der Waals surface area contributed by atoms with Crippen LogP contribution in [0.1, 0.15) is 26.7 Å². The van der Waals surface area contributed by atoms with E-state index in [4.69, 9.17) is 16.7 Å². The molecule has 0 spiro atoms. The lowest BCUT2D eigenvalue weighted by atomic mass is 9.98. The maximum atomic E-state index is 12.2. The Balaban J connectivity index is 2.04. The number of nitrogens with one attached hydrogen (secondary N) is 1. The lowest BCUT2D eigenvalue weighted by molar-refractivity contribution is -0.137. The Bertz CT molecular complexity index is 706. The molecule has 6 heteroatoms. The SMILES string of the molecule is CC(C)(CCC(=O)O)NC(=O)Cn1ccc2ccc(Cl)cc21. The predicted molar refractivity (Wildman–Crippen MR) is 86.0 cm³/mol. The first kappa shape index (κ1) is 16.4. The molecular formula is C16H19ClN2O3. The summed E-state index contributed by atoms with van der Waals surface area (Å²) in [4.78, 5) is 22.8. The number of carboxylic acids is 1. The number of hydrogen-bond donors (Lipinski definition) is 2. The number of nitrogens with zero attached hydrogens (tertiary/aromatic N) is 1. The minimum Gasteiger partial charge on any atom is -0.481 e. The fourth-order valence-corrected chi connectivity index (χ4v) is 2.51. The van der Waals surface area contributed by atoms with Crippen molar-refractivity contribution >= 4 is 34.4 Å². The minimum atomic E-state index is -0.867. The predicted octanol–water partition coefficient (Wildman–Crippen LogP) is 3.05. The normalized spacial score (nSPS) is 11.6. The fourth-order valence-electron chi connectivity index (χ4n) is 2.35. The van der Waals surface area contributed by atoms with E-state index in [1.165, 1.54) is 0 Å². The number of aliphatic carboxylic acids is 1. The molecule has 0 aliphatic heterocycles. The van der Waals surface area contributed by atoms with Crippen LogP contribution >= 0.6 is 11.6 Å². The van der Waals surface area contributed by atoms with Crippen molar-refractivity contribution in [3.63, 3.8) is 0 Å². The molecule has 2 aromatic rings. The molecule has 22 heavy (non-hydrogen) atoms. The number of rotatable bonds is 6. The van der Waals surface area contributed by atoms with Gasteiger partial charge >= 0.3 is 5.97 Å². The summed E-state index contributed by atoms with van der Waals surface area (Å²) in [5.41, 5.74) is 0.335. The van der Waals surface area contributed by atoms with Crippen LogP contribution in [0.5, 0.6) is 0 Å². The van der Waals surface area contributed by atoms with Crippen molar-refractivity contribution in [3.05, 3.63) is 35.5 Å². The number of hydrogen-bond acceptors (Lipinski definition) is 2. The third kappa shape index (κ3) is 4.24. The summed E-state index contributed by atoms with van der Waals surface area (Å²) in [5.74, 6) is -1.03. The van der Waals surface area contributed by atoms with E-state index in [2.05, 4.69) is 5.32 Å². The lowest BCUT2D eigenvalue weighted by Gasteiger charge is -2.25. The smallest absolute Gasteiger partial charge is 0.303 e. The van der Waals surface area contributed by atoms with Gasteiger partial charge in [-0.1, -0.05) is 17.7 Å². The van der Waals surface area contributed by atoms with Gasteiger partial charge in [0.2, 0.25) is 5.91 Å². The molecule has 2 N–H and O–H groups in total. The number of fused-ring (bicyclic) bond motifs is 1. The summed E-state index contributed by atoms with van der Waals surface area (Å²) >= 11 is 5.99. The second-order valence-electron chi connectivity index (χ2n) is 5.97. The molecule has 0 saturated heterocycles. The summed E-state index contributed by atoms with van der Waals surface area (Å²) in [6.45, 7) is 3.80. The quantitative estimate of drug-likeness (QED) is 0.858. The van der Waals surface area contributed by atoms with E-state index in [-0.39, 0.29) is 18.9 Å². The van der Waals surface area contributed by atoms with Crippen molar-refractivity contribution in [2.45, 2.75) is 38.8 Å². The number of carboxylic acid groups (broad SMARTS) is 1. The molecule has 0 unspecified atom stereocenters. The van der Waals surface area contributed by atoms with Gasteiger partial charge in [0.1, 0.15) is 6.54 Å². The van der Waals surface area contributed by atoms with Crippen LogP contribution in [-0.2, 0) is 16.1 Å². The highest BCUT2D eigenvalue weighted by molar-refractivity contribution is 6.31. The Morgan fingerprint density at radius 3 is 2.73 bits per heavy atom. The largest absolute Gasteiger partial charge is 0.481 e. The molecule has 1 aromatic heterocycles. The van der Waals surface area contributed by atoms with Crippen LogP contribution in [0, 0.1) is 0 Å². The van der Waals surface area contributed by atoms with E-state index in [1.54, 1.807) is 0 Å². The lowest BCUT2D eigenvalue weighted by Crippen LogP contribution is -2.45. The van der Waals surface area contributed by atoms with Gasteiger partial charge in [-0.3, -0.25) is 9.59 Å². The molecule has 1 aromatic carbocycles. The molecule has 1 heterocycles. The standard InChI is InChI=1S/C16H19ClN2O3/c1-16(2,7-5-15(21)22)18-14(20)10-19-8-6-11-3-4-12(17)9-13(11)19/h3-4,6,8-9H,5,7,10H2,1-2H3,(H,18,20)(H,21,22). The number of amides is 1. The molecule has 0 bridgehead atoms. The molecule has 2 rings (SSSR count). The van der Waals surface area contributed by atoms with E-state index in [1.807, 2.05) is 48.9 Å². The molecule has 0 aliphatic carbocycles. The minimum absolute atomic E-state index is 0.0232. The van der Waals surface area contributed by atoms with Gasteiger partial charge in [0.15, 0.2) is 0 Å². The van der Waals surface area contributed by atoms with Gasteiger partial charge in [-0.15, -0.1) is 0 Å². The Kier molecular flexibility index (Phi) is 4.76. The van der Waals surface area contributed by atoms with Gasteiger partial charge < -0.3 is 15.0 Å². The highest BCUT2D eigenvalue weighted by atomic mass is 35.5. The highest BCUT2D eigenvalue weighted by Gasteiger charge is 2.21. The van der Waals surface area contributed by atoms with Crippen LogP contribution < -0.4 is 5.32 Å². The number of aromatic nitrogens is 1. The van der Waals surface area contributed by atoms with E-state index < -0.39 is 11.5 Å². The summed E-state index contributed by atoms with van der Waals surface area (Å²) < 4.78 is 1.82. The molecule has 0 atom stereocenters. The van der Waals surface area contributed by atoms with Crippen LogP contribution in [-0.4, -0.2) is 27.1 Å². The van der Waals surface area contributed by atoms with Gasteiger partial charge in [0.05, 0.1) is 0 Å². The zero-order chi connectivity index (χ0) is 16.3. The molecule has 0 saturated carbocycles. The van der Waals surface area contributed by atoms with Crippen molar-refractivity contribution < 1.29 is 14.7 Å². The number of carbonyl (C=O) groups is 2. The van der Waals surface area contributed by atoms with Crippen molar-refractivity contribution in [3.8, 4) is 0 Å². The molecule has 0 aliphatic rings. The van der Waals surface area contributed by atoms with Crippen molar-refractivity contribution in [1.29, 1.82) is 0 Å². The third-order valence-corrected chi connectivity index (χ3v) is 3.73. The van der Waals surface area contributed by atoms with Crippen molar-refractivity contribution in [1.82, 2.24) is 9.88 Å². The van der Waals surface area contributed by atoms with Crippen molar-refractivity contribution in [2.75, 3.05) is 0 Å². The summed E-state index contributed by atoms with van der Waals surface area (Å²) in [6.07, 6.45) is 2.24. The van der Waals surface area contributed by atoms with E-state index in [0.29, 0.717) is 11.4 Å². The second kappa shape index (κ2) is 6.40. The monoisotopic (exact) mass is 322 g/mol. The van der Waals surface area contributed by atoms with E-state index >= 15 is 0 Å². The first-order valence-electron chi connectivity index (χ1n) is 7.04. The Labute approximate surface area is 133 Å². The van der Waals surface area contributed by atoms with Gasteiger partial charge in [-0.25, -0.2) is 0 Å². The van der Waals surface area contributed by atoms with E-state index in [0.717, 1.165) is 10.9 Å². The van der Waals surface area contributed by atoms with Crippen LogP contribution in [0.4, 0.5) is 0 Å². The number of benzene rings is 1. The number of halogens is 1. The van der Waals surface area contributed by atoms with Crippen molar-refractivity contribution in [2.24, 2.45) is 0 Å². The molecule has 1 amide bonds. The summed E-state index contributed by atoms with van der Waals surface area (Å²) in [6, 6.07) is 7.46. The van der Waals surface area contributed by atoms with Crippen LogP contribution in [0.25, 0.3) is 10.9 Å². The first-order chi connectivity index (χ1) is 10.3. The Morgan fingerprint density at radius 1 is 1.32 bits per heavy atom. The average Bonchev–Trinajstić information content (AvgIpc) is 2.78. The highest BCUT2D eigenvalue weighted by Crippen LogP contribution is 2.20. The maximum absolute atomic E-state index is 12.2. The summed E-state index contributed by atoms with van der Waals surface area (Å²) in [7, 11) is 0. The second-order valence-corrected chi connectivity index (χ2v) is 6.41. The Morgan fingerprint density at radius 2 is 2.05 bits per heavy atom. The zero-order valence-electron chi connectivity index (χ0n) is 12.6. The zero-order valence-corrected chi connectivity index (χ0v) is 13.4. The van der Waals surface area contributed by atoms with Crippen LogP contribution in [0.3, 0.4) is 0 Å².